The minimum atomic E-state index is 0.273. The van der Waals surface area contributed by atoms with Crippen molar-refractivity contribution < 1.29 is 4.74 Å². The molecule has 15 heavy (non-hydrogen) atoms. The molecule has 0 radical (unpaired) electrons. The maximum atomic E-state index is 5.60. The lowest BCUT2D eigenvalue weighted by atomic mass is 10.4. The Kier molecular flexibility index (Phi) is 2.00. The predicted octanol–water partition coefficient (Wildman–Crippen LogP) is 0.426. The Labute approximate surface area is 89.6 Å². The van der Waals surface area contributed by atoms with Gasteiger partial charge < -0.3 is 10.5 Å². The molecule has 7 heteroatoms. The molecule has 0 aromatic carbocycles. The summed E-state index contributed by atoms with van der Waals surface area (Å²) < 4.78 is 5.11. The van der Waals surface area contributed by atoms with Crippen LogP contribution in [0.15, 0.2) is 11.2 Å². The fourth-order valence-electron chi connectivity index (χ4n) is 1.35. The smallest absolute Gasteiger partial charge is 0.223 e. The zero-order valence-electron chi connectivity index (χ0n) is 7.80. The first-order valence-electron chi connectivity index (χ1n) is 4.54. The van der Waals surface area contributed by atoms with Gasteiger partial charge in [-0.1, -0.05) is 11.8 Å². The Hall–Kier alpha value is -1.34. The fourth-order valence-corrected chi connectivity index (χ4v) is 2.42. The zero-order chi connectivity index (χ0) is 10.3. The van der Waals surface area contributed by atoms with E-state index in [1.165, 1.54) is 0 Å². The first-order chi connectivity index (χ1) is 7.33. The van der Waals surface area contributed by atoms with Crippen molar-refractivity contribution >= 4 is 28.7 Å². The van der Waals surface area contributed by atoms with Gasteiger partial charge in [0.15, 0.2) is 5.65 Å². The maximum Gasteiger partial charge on any atom is 0.223 e. The van der Waals surface area contributed by atoms with E-state index in [0.717, 1.165) is 23.6 Å². The predicted molar refractivity (Wildman–Crippen MR) is 56.6 cm³/mol. The summed E-state index contributed by atoms with van der Waals surface area (Å²) in [5, 5.41) is 8.97. The molecule has 0 unspecified atom stereocenters. The second-order valence-corrected chi connectivity index (χ2v) is 4.59. The molecule has 3 N–H and O–H groups in total. The van der Waals surface area contributed by atoms with E-state index < -0.39 is 0 Å². The number of rotatable bonds is 2. The molecule has 1 aliphatic rings. The number of H-pyrrole nitrogens is 1. The quantitative estimate of drug-likeness (QED) is 0.717. The molecular formula is C8H9N5OS. The molecule has 3 heterocycles. The van der Waals surface area contributed by atoms with Gasteiger partial charge >= 0.3 is 0 Å². The molecule has 0 aliphatic carbocycles. The van der Waals surface area contributed by atoms with E-state index in [2.05, 4.69) is 20.2 Å². The summed E-state index contributed by atoms with van der Waals surface area (Å²) in [7, 11) is 0. The van der Waals surface area contributed by atoms with Gasteiger partial charge in [-0.05, 0) is 0 Å². The van der Waals surface area contributed by atoms with Gasteiger partial charge in [-0.3, -0.25) is 5.10 Å². The number of nitrogens with zero attached hydrogens (tertiary/aromatic N) is 3. The van der Waals surface area contributed by atoms with Crippen LogP contribution in [-0.2, 0) is 4.74 Å². The van der Waals surface area contributed by atoms with E-state index in [1.54, 1.807) is 18.0 Å². The lowest BCUT2D eigenvalue weighted by Crippen LogP contribution is -2.30. The summed E-state index contributed by atoms with van der Waals surface area (Å²) in [5.74, 6) is 0.273. The van der Waals surface area contributed by atoms with Crippen LogP contribution in [0.25, 0.3) is 11.0 Å². The molecular weight excluding hydrogens is 214 g/mol. The van der Waals surface area contributed by atoms with Gasteiger partial charge in [0.25, 0.3) is 0 Å². The van der Waals surface area contributed by atoms with Crippen LogP contribution in [0.5, 0.6) is 0 Å². The minimum Gasteiger partial charge on any atom is -0.379 e. The lowest BCUT2D eigenvalue weighted by Gasteiger charge is -2.24. The number of anilines is 1. The van der Waals surface area contributed by atoms with Crippen LogP contribution in [0, 0.1) is 0 Å². The van der Waals surface area contributed by atoms with Crippen LogP contribution in [0.4, 0.5) is 5.95 Å². The number of nitrogens with two attached hydrogens (primary N) is 1. The van der Waals surface area contributed by atoms with Crippen LogP contribution >= 0.6 is 11.8 Å². The molecule has 1 saturated heterocycles. The van der Waals surface area contributed by atoms with Gasteiger partial charge in [0.1, 0.15) is 5.03 Å². The van der Waals surface area contributed by atoms with E-state index in [1.807, 2.05) is 0 Å². The molecule has 3 rings (SSSR count). The van der Waals surface area contributed by atoms with Crippen LogP contribution < -0.4 is 5.73 Å². The highest BCUT2D eigenvalue weighted by Gasteiger charge is 2.22. The molecule has 6 nitrogen and oxygen atoms in total. The third-order valence-corrected chi connectivity index (χ3v) is 3.32. The number of fused-ring (bicyclic) bond motifs is 1. The lowest BCUT2D eigenvalue weighted by molar-refractivity contribution is 0.0455. The van der Waals surface area contributed by atoms with Gasteiger partial charge in [0.05, 0.1) is 30.0 Å². The molecule has 1 fully saturated rings. The standard InChI is InChI=1S/C8H9N5OS/c9-8-11-6-5(1-10-13-6)7(12-8)15-4-2-14-3-4/h1,4H,2-3H2,(H3,9,10,11,12,13). The monoisotopic (exact) mass is 223 g/mol. The molecule has 2 aromatic heterocycles. The third kappa shape index (κ3) is 1.53. The Morgan fingerprint density at radius 3 is 3.07 bits per heavy atom. The molecule has 0 amide bonds. The van der Waals surface area contributed by atoms with Gasteiger partial charge in [-0.15, -0.1) is 0 Å². The Bertz CT molecular complexity index is 495. The van der Waals surface area contributed by atoms with Crippen molar-refractivity contribution in [3.8, 4) is 0 Å². The Morgan fingerprint density at radius 2 is 2.33 bits per heavy atom. The van der Waals surface area contributed by atoms with Gasteiger partial charge in [-0.2, -0.15) is 10.1 Å². The van der Waals surface area contributed by atoms with E-state index in [0.29, 0.717) is 10.9 Å². The molecule has 0 atom stereocenters. The van der Waals surface area contributed by atoms with Crippen LogP contribution in [0.1, 0.15) is 0 Å². The third-order valence-electron chi connectivity index (χ3n) is 2.18. The number of aromatic amines is 1. The van der Waals surface area contributed by atoms with E-state index in [-0.39, 0.29) is 5.95 Å². The highest BCUT2D eigenvalue weighted by atomic mass is 32.2. The number of hydrogen-bond donors (Lipinski definition) is 2. The maximum absolute atomic E-state index is 5.60. The van der Waals surface area contributed by atoms with Crippen molar-refractivity contribution in [2.45, 2.75) is 10.3 Å². The summed E-state index contributed by atoms with van der Waals surface area (Å²) in [6, 6.07) is 0. The highest BCUT2D eigenvalue weighted by molar-refractivity contribution is 8.00. The molecule has 0 spiro atoms. The van der Waals surface area contributed by atoms with Crippen molar-refractivity contribution in [3.63, 3.8) is 0 Å². The summed E-state index contributed by atoms with van der Waals surface area (Å²) in [4.78, 5) is 8.26. The largest absolute Gasteiger partial charge is 0.379 e. The van der Waals surface area contributed by atoms with Crippen LogP contribution in [0.3, 0.4) is 0 Å². The number of aromatic nitrogens is 4. The number of thioether (sulfide) groups is 1. The first-order valence-corrected chi connectivity index (χ1v) is 5.42. The van der Waals surface area contributed by atoms with Crippen LogP contribution in [0.2, 0.25) is 0 Å². The summed E-state index contributed by atoms with van der Waals surface area (Å²) in [6.45, 7) is 1.54. The SMILES string of the molecule is Nc1nc(SC2COC2)c2cn[nH]c2n1. The summed E-state index contributed by atoms with van der Waals surface area (Å²) in [6.07, 6.45) is 1.72. The second-order valence-electron chi connectivity index (χ2n) is 3.30. The number of hydrogen-bond acceptors (Lipinski definition) is 6. The molecule has 2 aromatic rings. The average molecular weight is 223 g/mol. The Balaban J connectivity index is 2.02. The van der Waals surface area contributed by atoms with Gasteiger partial charge in [0, 0.05) is 0 Å². The van der Waals surface area contributed by atoms with Crippen molar-refractivity contribution in [3.05, 3.63) is 6.20 Å². The number of ether oxygens (including phenoxy) is 1. The van der Waals surface area contributed by atoms with Crippen LogP contribution in [-0.4, -0.2) is 38.6 Å². The summed E-state index contributed by atoms with van der Waals surface area (Å²) in [5.41, 5.74) is 6.29. The van der Waals surface area contributed by atoms with Crippen molar-refractivity contribution in [2.24, 2.45) is 0 Å². The minimum absolute atomic E-state index is 0.273. The van der Waals surface area contributed by atoms with E-state index in [4.69, 9.17) is 10.5 Å². The Morgan fingerprint density at radius 1 is 1.47 bits per heavy atom. The van der Waals surface area contributed by atoms with Gasteiger partial charge in [0.2, 0.25) is 5.95 Å². The normalized spacial score (nSPS) is 16.8. The van der Waals surface area contributed by atoms with Gasteiger partial charge in [-0.25, -0.2) is 4.98 Å². The number of nitrogens with one attached hydrogen (secondary N) is 1. The number of nitrogen functional groups attached to an aromatic ring is 1. The van der Waals surface area contributed by atoms with Crippen molar-refractivity contribution in [1.82, 2.24) is 20.2 Å². The van der Waals surface area contributed by atoms with Crippen molar-refractivity contribution in [1.29, 1.82) is 0 Å². The molecule has 0 bridgehead atoms. The highest BCUT2D eigenvalue weighted by Crippen LogP contribution is 2.31. The van der Waals surface area contributed by atoms with E-state index >= 15 is 0 Å². The average Bonchev–Trinajstić information content (AvgIpc) is 2.58. The summed E-state index contributed by atoms with van der Waals surface area (Å²) >= 11 is 1.66. The molecule has 1 aliphatic heterocycles. The molecule has 0 saturated carbocycles. The van der Waals surface area contributed by atoms with Crippen molar-refractivity contribution in [2.75, 3.05) is 18.9 Å². The zero-order valence-corrected chi connectivity index (χ0v) is 8.62. The second kappa shape index (κ2) is 3.35. The molecule has 78 valence electrons. The van der Waals surface area contributed by atoms with E-state index in [9.17, 15) is 0 Å². The first kappa shape index (κ1) is 8.93. The fraction of sp³-hybridized carbons (Fsp3) is 0.375. The topological polar surface area (TPSA) is 89.7 Å².